The van der Waals surface area contributed by atoms with Crippen molar-refractivity contribution in [2.24, 2.45) is 39.9 Å². The summed E-state index contributed by atoms with van der Waals surface area (Å²) in [4.78, 5) is 0. The molecule has 0 nitrogen and oxygen atoms in total. The summed E-state index contributed by atoms with van der Waals surface area (Å²) in [6.45, 7) is 15.3. The Morgan fingerprint density at radius 2 is 1.50 bits per heavy atom. The molecule has 3 rings (SSSR count). The average molecular weight is 389 g/mol. The molecule has 0 radical (unpaired) electrons. The summed E-state index contributed by atoms with van der Waals surface area (Å²) < 4.78 is 0. The number of rotatable bonds is 7. The highest BCUT2D eigenvalue weighted by Gasteiger charge is 2.52. The Hall–Kier alpha value is 0. The van der Waals surface area contributed by atoms with Gasteiger partial charge in [0.1, 0.15) is 0 Å². The topological polar surface area (TPSA) is 0 Å². The molecule has 3 aliphatic carbocycles. The SMILES string of the molecule is CCC1CC(CCCC2(C)CCCCC2(C)[C@@H]2CCC(C)(C)C2)CC[C@@H]1CC. The molecule has 164 valence electrons. The lowest BCUT2D eigenvalue weighted by Crippen LogP contribution is -2.45. The van der Waals surface area contributed by atoms with Crippen LogP contribution in [0.2, 0.25) is 0 Å². The maximum absolute atomic E-state index is 2.72. The molecule has 0 aliphatic heterocycles. The highest BCUT2D eigenvalue weighted by atomic mass is 14.6. The van der Waals surface area contributed by atoms with Crippen LogP contribution in [0.25, 0.3) is 0 Å². The highest BCUT2D eigenvalue weighted by Crippen LogP contribution is 2.62. The van der Waals surface area contributed by atoms with Crippen LogP contribution < -0.4 is 0 Å². The van der Waals surface area contributed by atoms with E-state index in [2.05, 4.69) is 41.5 Å². The van der Waals surface area contributed by atoms with E-state index in [-0.39, 0.29) is 0 Å². The molecule has 3 fully saturated rings. The lowest BCUT2D eigenvalue weighted by atomic mass is 9.50. The van der Waals surface area contributed by atoms with E-state index in [0.29, 0.717) is 16.2 Å². The quantitative estimate of drug-likeness (QED) is 0.407. The van der Waals surface area contributed by atoms with Crippen molar-refractivity contribution in [1.29, 1.82) is 0 Å². The van der Waals surface area contributed by atoms with Crippen molar-refractivity contribution in [2.45, 2.75) is 138 Å². The molecule has 0 aromatic heterocycles. The van der Waals surface area contributed by atoms with Crippen molar-refractivity contribution in [3.05, 3.63) is 0 Å². The third-order valence-electron chi connectivity index (χ3n) is 10.6. The van der Waals surface area contributed by atoms with Gasteiger partial charge in [-0.25, -0.2) is 0 Å². The third kappa shape index (κ3) is 4.67. The molecule has 0 N–H and O–H groups in total. The standard InChI is InChI=1S/C28H52/c1-7-23-14-13-22(20-24(23)8-2)12-11-17-27(5)16-9-10-18-28(27,6)25-15-19-26(3,4)21-25/h22-25H,7-21H2,1-6H3/t22?,23-,24?,25+,27?,28?/m0/s1. The van der Waals surface area contributed by atoms with Gasteiger partial charge < -0.3 is 0 Å². The fourth-order valence-electron chi connectivity index (χ4n) is 8.19. The van der Waals surface area contributed by atoms with E-state index in [4.69, 9.17) is 0 Å². The zero-order chi connectivity index (χ0) is 20.4. The fraction of sp³-hybridized carbons (Fsp3) is 1.00. The van der Waals surface area contributed by atoms with E-state index in [1.807, 2.05) is 0 Å². The van der Waals surface area contributed by atoms with Crippen molar-refractivity contribution in [2.75, 3.05) is 0 Å². The van der Waals surface area contributed by atoms with Crippen molar-refractivity contribution in [3.63, 3.8) is 0 Å². The van der Waals surface area contributed by atoms with E-state index in [9.17, 15) is 0 Å². The minimum Gasteiger partial charge on any atom is -0.0651 e. The predicted octanol–water partition coefficient (Wildman–Crippen LogP) is 9.42. The molecule has 0 amide bonds. The molecule has 0 aromatic carbocycles. The van der Waals surface area contributed by atoms with Crippen molar-refractivity contribution in [1.82, 2.24) is 0 Å². The molecule has 3 saturated carbocycles. The van der Waals surface area contributed by atoms with Crippen LogP contribution in [0.15, 0.2) is 0 Å². The largest absolute Gasteiger partial charge is 0.0651 e. The lowest BCUT2D eigenvalue weighted by molar-refractivity contribution is -0.0464. The van der Waals surface area contributed by atoms with Crippen LogP contribution in [-0.4, -0.2) is 0 Å². The van der Waals surface area contributed by atoms with Gasteiger partial charge in [0.2, 0.25) is 0 Å². The van der Waals surface area contributed by atoms with Gasteiger partial charge in [0.15, 0.2) is 0 Å². The Morgan fingerprint density at radius 3 is 2.14 bits per heavy atom. The second kappa shape index (κ2) is 9.01. The molecule has 0 aromatic rings. The van der Waals surface area contributed by atoms with Gasteiger partial charge in [0.05, 0.1) is 0 Å². The number of hydrogen-bond donors (Lipinski definition) is 0. The van der Waals surface area contributed by atoms with Crippen molar-refractivity contribution in [3.8, 4) is 0 Å². The zero-order valence-corrected chi connectivity index (χ0v) is 20.4. The minimum atomic E-state index is 0.596. The Morgan fingerprint density at radius 1 is 0.786 bits per heavy atom. The van der Waals surface area contributed by atoms with Gasteiger partial charge in [-0.2, -0.15) is 0 Å². The average Bonchev–Trinajstić information content (AvgIpc) is 3.04. The second-order valence-electron chi connectivity index (χ2n) is 12.7. The molecule has 0 saturated heterocycles. The monoisotopic (exact) mass is 388 g/mol. The molecular weight excluding hydrogens is 336 g/mol. The van der Waals surface area contributed by atoms with Gasteiger partial charge in [-0.1, -0.05) is 86.5 Å². The van der Waals surface area contributed by atoms with Crippen LogP contribution in [0.4, 0.5) is 0 Å². The molecule has 0 spiro atoms. The van der Waals surface area contributed by atoms with E-state index < -0.39 is 0 Å². The maximum Gasteiger partial charge on any atom is -0.0243 e. The Balaban J connectivity index is 1.57. The molecule has 6 atom stereocenters. The van der Waals surface area contributed by atoms with Crippen LogP contribution >= 0.6 is 0 Å². The van der Waals surface area contributed by atoms with Crippen LogP contribution in [0.3, 0.4) is 0 Å². The minimum absolute atomic E-state index is 0.596. The van der Waals surface area contributed by atoms with Crippen LogP contribution in [-0.2, 0) is 0 Å². The predicted molar refractivity (Wildman–Crippen MR) is 125 cm³/mol. The fourth-order valence-corrected chi connectivity index (χ4v) is 8.19. The Labute approximate surface area is 178 Å². The second-order valence-corrected chi connectivity index (χ2v) is 12.7. The van der Waals surface area contributed by atoms with Crippen molar-refractivity contribution >= 4 is 0 Å². The Bertz CT molecular complexity index is 490. The smallest absolute Gasteiger partial charge is 0.0243 e. The summed E-state index contributed by atoms with van der Waals surface area (Å²) in [5.74, 6) is 4.08. The van der Waals surface area contributed by atoms with E-state index >= 15 is 0 Å². The summed E-state index contributed by atoms with van der Waals surface area (Å²) in [5.41, 5.74) is 1.80. The van der Waals surface area contributed by atoms with Crippen molar-refractivity contribution < 1.29 is 0 Å². The van der Waals surface area contributed by atoms with E-state index in [1.54, 1.807) is 6.42 Å². The van der Waals surface area contributed by atoms with Gasteiger partial charge in [0.25, 0.3) is 0 Å². The van der Waals surface area contributed by atoms with Gasteiger partial charge in [-0.05, 0) is 91.3 Å². The maximum atomic E-state index is 2.72. The first kappa shape index (κ1) is 22.7. The molecule has 3 aliphatic rings. The van der Waals surface area contributed by atoms with Gasteiger partial charge in [-0.15, -0.1) is 0 Å². The Kier molecular flexibility index (Phi) is 7.30. The molecule has 0 heterocycles. The first-order valence-corrected chi connectivity index (χ1v) is 13.2. The highest BCUT2D eigenvalue weighted by molar-refractivity contribution is 5.02. The molecule has 4 unspecified atom stereocenters. The van der Waals surface area contributed by atoms with Gasteiger partial charge in [-0.3, -0.25) is 0 Å². The third-order valence-corrected chi connectivity index (χ3v) is 10.6. The summed E-state index contributed by atoms with van der Waals surface area (Å²) >= 11 is 0. The van der Waals surface area contributed by atoms with Crippen LogP contribution in [0.1, 0.15) is 138 Å². The summed E-state index contributed by atoms with van der Waals surface area (Å²) in [7, 11) is 0. The summed E-state index contributed by atoms with van der Waals surface area (Å²) in [5, 5.41) is 0. The lowest BCUT2D eigenvalue weighted by Gasteiger charge is -2.54. The van der Waals surface area contributed by atoms with Gasteiger partial charge in [0, 0.05) is 0 Å². The normalized spacial score (nSPS) is 43.9. The first-order chi connectivity index (χ1) is 13.2. The molecule has 28 heavy (non-hydrogen) atoms. The zero-order valence-electron chi connectivity index (χ0n) is 20.4. The molecule has 0 heteroatoms. The first-order valence-electron chi connectivity index (χ1n) is 13.2. The summed E-state index contributed by atoms with van der Waals surface area (Å²) in [6.07, 6.45) is 22.4. The van der Waals surface area contributed by atoms with Crippen LogP contribution in [0.5, 0.6) is 0 Å². The van der Waals surface area contributed by atoms with Gasteiger partial charge >= 0.3 is 0 Å². The van der Waals surface area contributed by atoms with Crippen LogP contribution in [0, 0.1) is 39.9 Å². The number of hydrogen-bond acceptors (Lipinski definition) is 0. The molecule has 0 bridgehead atoms. The van der Waals surface area contributed by atoms with E-state index in [1.165, 1.54) is 89.9 Å². The molecular formula is C28H52. The summed E-state index contributed by atoms with van der Waals surface area (Å²) in [6, 6.07) is 0. The van der Waals surface area contributed by atoms with E-state index in [0.717, 1.165) is 23.7 Å².